The minimum absolute atomic E-state index is 0.0606. The highest BCUT2D eigenvalue weighted by Crippen LogP contribution is 2.27. The van der Waals surface area contributed by atoms with Crippen molar-refractivity contribution in [1.29, 1.82) is 0 Å². The van der Waals surface area contributed by atoms with Crippen LogP contribution in [0, 0.1) is 10.1 Å². The molecule has 0 heterocycles. The molecule has 0 amide bonds. The summed E-state index contributed by atoms with van der Waals surface area (Å²) >= 11 is 0. The quantitative estimate of drug-likeness (QED) is 0.348. The number of esters is 1. The molecule has 1 rings (SSSR count). The Bertz CT molecular complexity index is 467. The van der Waals surface area contributed by atoms with E-state index in [-0.39, 0.29) is 11.3 Å². The fourth-order valence-corrected chi connectivity index (χ4v) is 1.32. The maximum absolute atomic E-state index is 11.3. The molecule has 17 heavy (non-hydrogen) atoms. The van der Waals surface area contributed by atoms with E-state index in [2.05, 4.69) is 6.58 Å². The van der Waals surface area contributed by atoms with Crippen molar-refractivity contribution in [2.75, 3.05) is 0 Å². The molecule has 1 aromatic carbocycles. The van der Waals surface area contributed by atoms with Gasteiger partial charge in [0.25, 0.3) is 5.69 Å². The standard InChI is InChI=1S/C12H13NO4/c1-8(2)12(14)17-9(3)10-6-4-5-7-11(10)13(15)16/h4-7,9H,1H2,2-3H3/t9-/m1/s1. The number of carbonyl (C=O) groups excluding carboxylic acids is 1. The zero-order valence-electron chi connectivity index (χ0n) is 9.67. The van der Waals surface area contributed by atoms with E-state index < -0.39 is 17.0 Å². The SMILES string of the molecule is C=C(C)C(=O)O[C@H](C)c1ccccc1[N+](=O)[O-]. The summed E-state index contributed by atoms with van der Waals surface area (Å²) in [4.78, 5) is 21.6. The van der Waals surface area contributed by atoms with E-state index in [1.165, 1.54) is 13.0 Å². The molecule has 0 bridgehead atoms. The van der Waals surface area contributed by atoms with Crippen LogP contribution in [0.1, 0.15) is 25.5 Å². The molecule has 0 aliphatic carbocycles. The molecule has 0 unspecified atom stereocenters. The Kier molecular flexibility index (Phi) is 3.98. The summed E-state index contributed by atoms with van der Waals surface area (Å²) in [6.07, 6.45) is -0.680. The summed E-state index contributed by atoms with van der Waals surface area (Å²) in [6, 6.07) is 6.16. The Morgan fingerprint density at radius 2 is 2.06 bits per heavy atom. The summed E-state index contributed by atoms with van der Waals surface area (Å²) in [5.41, 5.74) is 0.567. The molecule has 0 aliphatic heterocycles. The summed E-state index contributed by atoms with van der Waals surface area (Å²) in [5.74, 6) is -0.560. The van der Waals surface area contributed by atoms with Crippen molar-refractivity contribution in [2.24, 2.45) is 0 Å². The van der Waals surface area contributed by atoms with Gasteiger partial charge in [-0.25, -0.2) is 4.79 Å². The second-order valence-electron chi connectivity index (χ2n) is 3.64. The predicted octanol–water partition coefficient (Wildman–Crippen LogP) is 2.78. The maximum atomic E-state index is 11.3. The highest BCUT2D eigenvalue weighted by Gasteiger charge is 2.21. The second-order valence-corrected chi connectivity index (χ2v) is 3.64. The number of benzene rings is 1. The second kappa shape index (κ2) is 5.25. The van der Waals surface area contributed by atoms with Crippen LogP contribution in [0.5, 0.6) is 0 Å². The Morgan fingerprint density at radius 1 is 1.47 bits per heavy atom. The molecule has 0 aromatic heterocycles. The van der Waals surface area contributed by atoms with Crippen LogP contribution in [0.15, 0.2) is 36.4 Å². The monoisotopic (exact) mass is 235 g/mol. The zero-order chi connectivity index (χ0) is 13.0. The van der Waals surface area contributed by atoms with Crippen molar-refractivity contribution < 1.29 is 14.5 Å². The van der Waals surface area contributed by atoms with E-state index in [9.17, 15) is 14.9 Å². The van der Waals surface area contributed by atoms with Crippen LogP contribution in [0.3, 0.4) is 0 Å². The van der Waals surface area contributed by atoms with Crippen molar-refractivity contribution in [3.05, 3.63) is 52.1 Å². The van der Waals surface area contributed by atoms with Gasteiger partial charge in [0.15, 0.2) is 0 Å². The van der Waals surface area contributed by atoms with Crippen LogP contribution in [-0.2, 0) is 9.53 Å². The van der Waals surface area contributed by atoms with E-state index in [1.54, 1.807) is 25.1 Å². The van der Waals surface area contributed by atoms with Gasteiger partial charge in [0, 0.05) is 11.6 Å². The smallest absolute Gasteiger partial charge is 0.333 e. The number of rotatable bonds is 4. The summed E-state index contributed by atoms with van der Waals surface area (Å²) in [6.45, 7) is 6.56. The number of nitrogens with zero attached hydrogens (tertiary/aromatic N) is 1. The van der Waals surface area contributed by atoms with Crippen molar-refractivity contribution >= 4 is 11.7 Å². The van der Waals surface area contributed by atoms with Gasteiger partial charge in [0.2, 0.25) is 0 Å². The molecule has 1 atom stereocenters. The van der Waals surface area contributed by atoms with Gasteiger partial charge >= 0.3 is 5.97 Å². The highest BCUT2D eigenvalue weighted by molar-refractivity contribution is 5.87. The molecule has 0 aliphatic rings. The van der Waals surface area contributed by atoms with Gasteiger partial charge in [-0.15, -0.1) is 0 Å². The average molecular weight is 235 g/mol. The van der Waals surface area contributed by atoms with Gasteiger partial charge < -0.3 is 4.74 Å². The van der Waals surface area contributed by atoms with Gasteiger partial charge in [-0.05, 0) is 19.9 Å². The fraction of sp³-hybridized carbons (Fsp3) is 0.250. The Hall–Kier alpha value is -2.17. The first-order valence-corrected chi connectivity index (χ1v) is 5.03. The van der Waals surface area contributed by atoms with Crippen molar-refractivity contribution in [1.82, 2.24) is 0 Å². The summed E-state index contributed by atoms with van der Waals surface area (Å²) in [5, 5.41) is 10.8. The van der Waals surface area contributed by atoms with Gasteiger partial charge in [-0.3, -0.25) is 10.1 Å². The topological polar surface area (TPSA) is 69.4 Å². The van der Waals surface area contributed by atoms with Crippen LogP contribution in [0.4, 0.5) is 5.69 Å². The van der Waals surface area contributed by atoms with Crippen LogP contribution in [0.2, 0.25) is 0 Å². The first-order chi connectivity index (χ1) is 7.93. The Labute approximate surface area is 98.9 Å². The Morgan fingerprint density at radius 3 is 2.59 bits per heavy atom. The zero-order valence-corrected chi connectivity index (χ0v) is 9.67. The lowest BCUT2D eigenvalue weighted by Gasteiger charge is -2.13. The van der Waals surface area contributed by atoms with Crippen LogP contribution >= 0.6 is 0 Å². The number of para-hydroxylation sites is 1. The normalized spacial score (nSPS) is 11.6. The number of hydrogen-bond acceptors (Lipinski definition) is 4. The number of nitro benzene ring substituents is 1. The minimum Gasteiger partial charge on any atom is -0.454 e. The van der Waals surface area contributed by atoms with Crippen LogP contribution < -0.4 is 0 Å². The summed E-state index contributed by atoms with van der Waals surface area (Å²) in [7, 11) is 0. The largest absolute Gasteiger partial charge is 0.454 e. The number of ether oxygens (including phenoxy) is 1. The van der Waals surface area contributed by atoms with E-state index in [0.717, 1.165) is 0 Å². The predicted molar refractivity (Wildman–Crippen MR) is 62.4 cm³/mol. The molecule has 5 heteroatoms. The summed E-state index contributed by atoms with van der Waals surface area (Å²) < 4.78 is 5.05. The molecule has 0 spiro atoms. The molecule has 0 fully saturated rings. The molecule has 1 aromatic rings. The lowest BCUT2D eigenvalue weighted by Crippen LogP contribution is -2.10. The fourth-order valence-electron chi connectivity index (χ4n) is 1.32. The molecule has 5 nitrogen and oxygen atoms in total. The van der Waals surface area contributed by atoms with E-state index >= 15 is 0 Å². The van der Waals surface area contributed by atoms with E-state index in [0.29, 0.717) is 5.56 Å². The van der Waals surface area contributed by atoms with Crippen molar-refractivity contribution in [3.8, 4) is 0 Å². The van der Waals surface area contributed by atoms with Gasteiger partial charge in [-0.1, -0.05) is 18.7 Å². The lowest BCUT2D eigenvalue weighted by atomic mass is 10.1. The first-order valence-electron chi connectivity index (χ1n) is 5.03. The molecule has 0 radical (unpaired) electrons. The first kappa shape index (κ1) is 12.9. The van der Waals surface area contributed by atoms with Gasteiger partial charge in [0.1, 0.15) is 6.10 Å². The molecule has 90 valence electrons. The highest BCUT2D eigenvalue weighted by atomic mass is 16.6. The van der Waals surface area contributed by atoms with Gasteiger partial charge in [-0.2, -0.15) is 0 Å². The molecule has 0 saturated carbocycles. The molecular formula is C12H13NO4. The third kappa shape index (κ3) is 3.14. The minimum atomic E-state index is -0.680. The van der Waals surface area contributed by atoms with Crippen LogP contribution in [0.25, 0.3) is 0 Å². The maximum Gasteiger partial charge on any atom is 0.333 e. The van der Waals surface area contributed by atoms with Crippen LogP contribution in [-0.4, -0.2) is 10.9 Å². The van der Waals surface area contributed by atoms with Crippen molar-refractivity contribution in [2.45, 2.75) is 20.0 Å². The average Bonchev–Trinajstić information content (AvgIpc) is 2.28. The van der Waals surface area contributed by atoms with E-state index in [4.69, 9.17) is 4.74 Å². The number of carbonyl (C=O) groups is 1. The molecule has 0 saturated heterocycles. The number of nitro groups is 1. The van der Waals surface area contributed by atoms with Gasteiger partial charge in [0.05, 0.1) is 10.5 Å². The third-order valence-corrected chi connectivity index (χ3v) is 2.20. The van der Waals surface area contributed by atoms with E-state index in [1.807, 2.05) is 0 Å². The third-order valence-electron chi connectivity index (χ3n) is 2.20. The number of hydrogen-bond donors (Lipinski definition) is 0. The lowest BCUT2D eigenvalue weighted by molar-refractivity contribution is -0.386. The Balaban J connectivity index is 2.96. The molecular weight excluding hydrogens is 222 g/mol. The van der Waals surface area contributed by atoms with Crippen molar-refractivity contribution in [3.63, 3.8) is 0 Å². The molecule has 0 N–H and O–H groups in total.